The van der Waals surface area contributed by atoms with Crippen molar-refractivity contribution < 1.29 is 14.3 Å². The number of hydrogen-bond donors (Lipinski definition) is 0. The maximum atomic E-state index is 11.4. The molecule has 0 heterocycles. The Kier molecular flexibility index (Phi) is 4.97. The third-order valence-electron chi connectivity index (χ3n) is 2.12. The highest BCUT2D eigenvalue weighted by molar-refractivity contribution is 8.04. The summed E-state index contributed by atoms with van der Waals surface area (Å²) in [5.41, 5.74) is 0.635. The predicted octanol–water partition coefficient (Wildman–Crippen LogP) is 3.06. The molecule has 0 fully saturated rings. The van der Waals surface area contributed by atoms with E-state index in [2.05, 4.69) is 4.74 Å². The van der Waals surface area contributed by atoms with E-state index in [1.165, 1.54) is 25.8 Å². The zero-order valence-electron chi connectivity index (χ0n) is 10.0. The number of allylic oxidation sites excluding steroid dienone is 1. The van der Waals surface area contributed by atoms with Gasteiger partial charge in [-0.1, -0.05) is 30.0 Å². The molecule has 0 N–H and O–H groups in total. The molecule has 0 saturated carbocycles. The molecule has 0 atom stereocenters. The van der Waals surface area contributed by atoms with Gasteiger partial charge in [0.05, 0.1) is 12.0 Å². The molecule has 0 spiro atoms. The third-order valence-corrected chi connectivity index (χ3v) is 3.23. The number of esters is 1. The van der Waals surface area contributed by atoms with E-state index in [4.69, 9.17) is 0 Å². The van der Waals surface area contributed by atoms with Gasteiger partial charge < -0.3 is 4.74 Å². The van der Waals surface area contributed by atoms with Crippen molar-refractivity contribution in [3.8, 4) is 0 Å². The molecular weight excluding hydrogens is 236 g/mol. The van der Waals surface area contributed by atoms with E-state index in [1.807, 2.05) is 6.07 Å². The highest BCUT2D eigenvalue weighted by atomic mass is 32.2. The second kappa shape index (κ2) is 6.25. The number of ether oxygens (including phenoxy) is 1. The number of ketones is 1. The molecule has 0 bridgehead atoms. The van der Waals surface area contributed by atoms with Crippen LogP contribution in [0.5, 0.6) is 0 Å². The second-order valence-electron chi connectivity index (χ2n) is 3.33. The lowest BCUT2D eigenvalue weighted by Gasteiger charge is -2.05. The molecule has 17 heavy (non-hydrogen) atoms. The van der Waals surface area contributed by atoms with Crippen LogP contribution in [0.4, 0.5) is 0 Å². The zero-order valence-corrected chi connectivity index (χ0v) is 10.8. The fourth-order valence-corrected chi connectivity index (χ4v) is 2.10. The minimum atomic E-state index is -0.370. The van der Waals surface area contributed by atoms with E-state index in [0.717, 1.165) is 4.90 Å². The number of methoxy groups -OCH3 is 1. The Hall–Kier alpha value is -1.55. The largest absolute Gasteiger partial charge is 0.465 e. The SMILES string of the molecule is CC=C(Sc1cccc(C(C)=O)c1)C(=O)OC. The summed E-state index contributed by atoms with van der Waals surface area (Å²) in [6.45, 7) is 3.29. The van der Waals surface area contributed by atoms with Crippen molar-refractivity contribution in [3.63, 3.8) is 0 Å². The Balaban J connectivity index is 2.91. The number of Topliss-reactive ketones (excluding diaryl/α,β-unsaturated/α-hetero) is 1. The number of benzene rings is 1. The lowest BCUT2D eigenvalue weighted by atomic mass is 10.2. The van der Waals surface area contributed by atoms with Crippen molar-refractivity contribution in [2.24, 2.45) is 0 Å². The smallest absolute Gasteiger partial charge is 0.344 e. The Morgan fingerprint density at radius 1 is 1.35 bits per heavy atom. The quantitative estimate of drug-likeness (QED) is 0.356. The number of carbonyl (C=O) groups excluding carboxylic acids is 2. The van der Waals surface area contributed by atoms with E-state index in [-0.39, 0.29) is 11.8 Å². The monoisotopic (exact) mass is 250 g/mol. The first-order valence-electron chi connectivity index (χ1n) is 5.12. The molecule has 1 aromatic carbocycles. The van der Waals surface area contributed by atoms with Gasteiger partial charge in [-0.3, -0.25) is 4.79 Å². The van der Waals surface area contributed by atoms with Gasteiger partial charge >= 0.3 is 5.97 Å². The molecule has 0 amide bonds. The summed E-state index contributed by atoms with van der Waals surface area (Å²) >= 11 is 1.29. The van der Waals surface area contributed by atoms with Crippen LogP contribution in [0.1, 0.15) is 24.2 Å². The van der Waals surface area contributed by atoms with Gasteiger partial charge in [0, 0.05) is 10.5 Å². The van der Waals surface area contributed by atoms with E-state index in [9.17, 15) is 9.59 Å². The topological polar surface area (TPSA) is 43.4 Å². The van der Waals surface area contributed by atoms with Crippen LogP contribution in [-0.4, -0.2) is 18.9 Å². The van der Waals surface area contributed by atoms with Gasteiger partial charge in [-0.25, -0.2) is 4.79 Å². The maximum Gasteiger partial charge on any atom is 0.344 e. The number of hydrogen-bond acceptors (Lipinski definition) is 4. The highest BCUT2D eigenvalue weighted by Crippen LogP contribution is 2.28. The molecule has 0 unspecified atom stereocenters. The summed E-state index contributed by atoms with van der Waals surface area (Å²) in [6.07, 6.45) is 1.69. The second-order valence-corrected chi connectivity index (χ2v) is 4.45. The summed E-state index contributed by atoms with van der Waals surface area (Å²) < 4.78 is 4.66. The van der Waals surface area contributed by atoms with Crippen molar-refractivity contribution in [2.45, 2.75) is 18.7 Å². The molecule has 3 nitrogen and oxygen atoms in total. The first kappa shape index (κ1) is 13.5. The molecule has 4 heteroatoms. The molecule has 0 aliphatic carbocycles. The van der Waals surface area contributed by atoms with E-state index in [0.29, 0.717) is 10.5 Å². The van der Waals surface area contributed by atoms with Crippen LogP contribution in [0.15, 0.2) is 40.1 Å². The van der Waals surface area contributed by atoms with Crippen LogP contribution in [0, 0.1) is 0 Å². The van der Waals surface area contributed by atoms with Crippen LogP contribution in [0.25, 0.3) is 0 Å². The molecule has 1 rings (SSSR count). The number of thioether (sulfide) groups is 1. The van der Waals surface area contributed by atoms with Gasteiger partial charge in [-0.05, 0) is 26.0 Å². The van der Waals surface area contributed by atoms with Crippen LogP contribution < -0.4 is 0 Å². The molecule has 0 aliphatic heterocycles. The van der Waals surface area contributed by atoms with Gasteiger partial charge in [0.1, 0.15) is 0 Å². The van der Waals surface area contributed by atoms with E-state index >= 15 is 0 Å². The minimum Gasteiger partial charge on any atom is -0.465 e. The summed E-state index contributed by atoms with van der Waals surface area (Å²) in [4.78, 5) is 24.0. The average Bonchev–Trinajstić information content (AvgIpc) is 2.35. The fraction of sp³-hybridized carbons (Fsp3) is 0.231. The first-order chi connectivity index (χ1) is 8.08. The standard InChI is InChI=1S/C13H14O3S/c1-4-12(13(15)16-3)17-11-7-5-6-10(8-11)9(2)14/h4-8H,1-3H3. The summed E-state index contributed by atoms with van der Waals surface area (Å²) in [5.74, 6) is -0.363. The van der Waals surface area contributed by atoms with Gasteiger partial charge in [-0.15, -0.1) is 0 Å². The Bertz CT molecular complexity index is 463. The average molecular weight is 250 g/mol. The maximum absolute atomic E-state index is 11.4. The fourth-order valence-electron chi connectivity index (χ4n) is 1.22. The molecular formula is C13H14O3S. The zero-order chi connectivity index (χ0) is 12.8. The van der Waals surface area contributed by atoms with Crippen molar-refractivity contribution in [1.29, 1.82) is 0 Å². The van der Waals surface area contributed by atoms with Crippen molar-refractivity contribution >= 4 is 23.5 Å². The van der Waals surface area contributed by atoms with E-state index in [1.54, 1.807) is 31.2 Å². The Morgan fingerprint density at radius 3 is 2.59 bits per heavy atom. The van der Waals surface area contributed by atoms with Crippen molar-refractivity contribution in [2.75, 3.05) is 7.11 Å². The van der Waals surface area contributed by atoms with Crippen LogP contribution in [-0.2, 0) is 9.53 Å². The number of rotatable bonds is 4. The summed E-state index contributed by atoms with van der Waals surface area (Å²) in [6, 6.07) is 7.16. The molecule has 1 aromatic rings. The third kappa shape index (κ3) is 3.75. The normalized spacial score (nSPS) is 11.1. The van der Waals surface area contributed by atoms with Crippen molar-refractivity contribution in [1.82, 2.24) is 0 Å². The highest BCUT2D eigenvalue weighted by Gasteiger charge is 2.11. The van der Waals surface area contributed by atoms with Gasteiger partial charge in [0.15, 0.2) is 5.78 Å². The van der Waals surface area contributed by atoms with E-state index < -0.39 is 0 Å². The van der Waals surface area contributed by atoms with Gasteiger partial charge in [-0.2, -0.15) is 0 Å². The molecule has 0 radical (unpaired) electrons. The van der Waals surface area contributed by atoms with Crippen LogP contribution in [0.2, 0.25) is 0 Å². The molecule has 90 valence electrons. The number of carbonyl (C=O) groups is 2. The summed E-state index contributed by atoms with van der Waals surface area (Å²) in [5, 5.41) is 0. The van der Waals surface area contributed by atoms with Gasteiger partial charge in [0.25, 0.3) is 0 Å². The Morgan fingerprint density at radius 2 is 2.06 bits per heavy atom. The molecule has 0 aliphatic rings. The molecule has 0 saturated heterocycles. The van der Waals surface area contributed by atoms with Crippen molar-refractivity contribution in [3.05, 3.63) is 40.8 Å². The first-order valence-corrected chi connectivity index (χ1v) is 5.93. The van der Waals surface area contributed by atoms with Crippen LogP contribution in [0.3, 0.4) is 0 Å². The summed E-state index contributed by atoms with van der Waals surface area (Å²) in [7, 11) is 1.35. The predicted molar refractivity (Wildman–Crippen MR) is 68.1 cm³/mol. The lowest BCUT2D eigenvalue weighted by Crippen LogP contribution is -2.01. The molecule has 0 aromatic heterocycles. The minimum absolute atomic E-state index is 0.00699. The van der Waals surface area contributed by atoms with Crippen LogP contribution >= 0.6 is 11.8 Å². The Labute approximate surface area is 105 Å². The van der Waals surface area contributed by atoms with Gasteiger partial charge in [0.2, 0.25) is 0 Å². The lowest BCUT2D eigenvalue weighted by molar-refractivity contribution is -0.135.